The zero-order valence-electron chi connectivity index (χ0n) is 11.8. The van der Waals surface area contributed by atoms with E-state index in [2.05, 4.69) is 31.3 Å². The predicted molar refractivity (Wildman–Crippen MR) is 76.0 cm³/mol. The molecule has 0 aromatic heterocycles. The Hall–Kier alpha value is -1.02. The molecule has 0 bridgehead atoms. The first kappa shape index (κ1) is 13.4. The lowest BCUT2D eigenvalue weighted by atomic mass is 10.0. The Balaban J connectivity index is 1.92. The summed E-state index contributed by atoms with van der Waals surface area (Å²) in [4.78, 5) is 0. The average molecular weight is 247 g/mol. The van der Waals surface area contributed by atoms with Gasteiger partial charge in [0.15, 0.2) is 0 Å². The number of rotatable bonds is 7. The summed E-state index contributed by atoms with van der Waals surface area (Å²) in [5.41, 5.74) is 1.36. The number of ether oxygens (including phenoxy) is 1. The number of methoxy groups -OCH3 is 1. The van der Waals surface area contributed by atoms with Crippen molar-refractivity contribution in [3.63, 3.8) is 0 Å². The van der Waals surface area contributed by atoms with E-state index >= 15 is 0 Å². The third kappa shape index (κ3) is 3.74. The highest BCUT2D eigenvalue weighted by Gasteiger charge is 2.24. The maximum absolute atomic E-state index is 5.20. The summed E-state index contributed by atoms with van der Waals surface area (Å²) < 4.78 is 5.20. The Labute approximate surface area is 111 Å². The van der Waals surface area contributed by atoms with Gasteiger partial charge in [0, 0.05) is 12.1 Å². The van der Waals surface area contributed by atoms with Crippen LogP contribution < -0.4 is 10.1 Å². The fourth-order valence-electron chi connectivity index (χ4n) is 2.55. The van der Waals surface area contributed by atoms with Crippen LogP contribution in [-0.4, -0.2) is 13.2 Å². The molecule has 2 unspecified atom stereocenters. The maximum Gasteiger partial charge on any atom is 0.118 e. The highest BCUT2D eigenvalue weighted by atomic mass is 16.5. The molecule has 1 fully saturated rings. The van der Waals surface area contributed by atoms with Gasteiger partial charge in [-0.05, 0) is 43.4 Å². The van der Waals surface area contributed by atoms with Gasteiger partial charge in [0.2, 0.25) is 0 Å². The van der Waals surface area contributed by atoms with E-state index in [1.807, 2.05) is 12.1 Å². The van der Waals surface area contributed by atoms with Crippen molar-refractivity contribution >= 4 is 0 Å². The molecule has 2 atom stereocenters. The van der Waals surface area contributed by atoms with Gasteiger partial charge in [-0.15, -0.1) is 0 Å². The van der Waals surface area contributed by atoms with Gasteiger partial charge in [0.1, 0.15) is 5.75 Å². The van der Waals surface area contributed by atoms with E-state index in [4.69, 9.17) is 4.74 Å². The van der Waals surface area contributed by atoms with Crippen molar-refractivity contribution in [1.82, 2.24) is 5.32 Å². The second-order valence-electron chi connectivity index (χ2n) is 5.48. The van der Waals surface area contributed by atoms with E-state index in [-0.39, 0.29) is 0 Å². The van der Waals surface area contributed by atoms with Gasteiger partial charge in [0.25, 0.3) is 0 Å². The zero-order chi connectivity index (χ0) is 13.0. The molecule has 1 saturated carbocycles. The van der Waals surface area contributed by atoms with Gasteiger partial charge >= 0.3 is 0 Å². The standard InChI is InChI=1S/C16H25NO/c1-4-16(17-12(2)11-13-5-6-13)14-7-9-15(18-3)10-8-14/h7-10,12-13,16-17H,4-6,11H2,1-3H3. The third-order valence-electron chi connectivity index (χ3n) is 3.80. The summed E-state index contributed by atoms with van der Waals surface area (Å²) in [6.45, 7) is 4.55. The van der Waals surface area contributed by atoms with Gasteiger partial charge in [0.05, 0.1) is 7.11 Å². The first-order valence-corrected chi connectivity index (χ1v) is 7.13. The minimum Gasteiger partial charge on any atom is -0.497 e. The minimum atomic E-state index is 0.463. The molecule has 0 heterocycles. The molecular weight excluding hydrogens is 222 g/mol. The zero-order valence-corrected chi connectivity index (χ0v) is 11.8. The quantitative estimate of drug-likeness (QED) is 0.788. The highest BCUT2D eigenvalue weighted by Crippen LogP contribution is 2.34. The molecule has 2 heteroatoms. The van der Waals surface area contributed by atoms with Gasteiger partial charge in [-0.3, -0.25) is 0 Å². The van der Waals surface area contributed by atoms with Gasteiger partial charge in [-0.25, -0.2) is 0 Å². The SMILES string of the molecule is CCC(NC(C)CC1CC1)c1ccc(OC)cc1. The Morgan fingerprint density at radius 2 is 1.94 bits per heavy atom. The number of hydrogen-bond donors (Lipinski definition) is 1. The fraction of sp³-hybridized carbons (Fsp3) is 0.625. The Kier molecular flexibility index (Phi) is 4.65. The van der Waals surface area contributed by atoms with Crippen molar-refractivity contribution in [3.8, 4) is 5.75 Å². The van der Waals surface area contributed by atoms with Crippen LogP contribution in [0.2, 0.25) is 0 Å². The van der Waals surface area contributed by atoms with Crippen LogP contribution in [0.5, 0.6) is 5.75 Å². The van der Waals surface area contributed by atoms with E-state index < -0.39 is 0 Å². The molecule has 1 N–H and O–H groups in total. The van der Waals surface area contributed by atoms with Crippen LogP contribution in [0.3, 0.4) is 0 Å². The van der Waals surface area contributed by atoms with Crippen molar-refractivity contribution in [2.45, 2.75) is 51.6 Å². The number of nitrogens with one attached hydrogen (secondary N) is 1. The molecule has 0 saturated heterocycles. The van der Waals surface area contributed by atoms with Crippen LogP contribution in [0.25, 0.3) is 0 Å². The van der Waals surface area contributed by atoms with Crippen LogP contribution in [-0.2, 0) is 0 Å². The molecule has 1 aromatic rings. The smallest absolute Gasteiger partial charge is 0.118 e. The topological polar surface area (TPSA) is 21.3 Å². The first-order chi connectivity index (χ1) is 8.72. The fourth-order valence-corrected chi connectivity index (χ4v) is 2.55. The highest BCUT2D eigenvalue weighted by molar-refractivity contribution is 5.29. The monoisotopic (exact) mass is 247 g/mol. The van der Waals surface area contributed by atoms with E-state index in [1.54, 1.807) is 7.11 Å². The second-order valence-corrected chi connectivity index (χ2v) is 5.48. The summed E-state index contributed by atoms with van der Waals surface area (Å²) in [7, 11) is 1.71. The summed E-state index contributed by atoms with van der Waals surface area (Å²) in [5, 5.41) is 3.75. The van der Waals surface area contributed by atoms with Gasteiger partial charge in [-0.2, -0.15) is 0 Å². The van der Waals surface area contributed by atoms with Crippen LogP contribution in [0, 0.1) is 5.92 Å². The maximum atomic E-state index is 5.20. The normalized spacial score (nSPS) is 18.4. The van der Waals surface area contributed by atoms with E-state index in [0.717, 1.165) is 18.1 Å². The molecule has 1 aliphatic carbocycles. The Morgan fingerprint density at radius 3 is 2.44 bits per heavy atom. The van der Waals surface area contributed by atoms with E-state index in [1.165, 1.54) is 24.8 Å². The van der Waals surface area contributed by atoms with Crippen molar-refractivity contribution in [3.05, 3.63) is 29.8 Å². The third-order valence-corrected chi connectivity index (χ3v) is 3.80. The molecule has 0 spiro atoms. The summed E-state index contributed by atoms with van der Waals surface area (Å²) in [6.07, 6.45) is 5.32. The summed E-state index contributed by atoms with van der Waals surface area (Å²) in [6, 6.07) is 9.51. The molecule has 2 nitrogen and oxygen atoms in total. The van der Waals surface area contributed by atoms with Crippen LogP contribution >= 0.6 is 0 Å². The molecule has 2 rings (SSSR count). The lowest BCUT2D eigenvalue weighted by Crippen LogP contribution is -2.30. The molecule has 0 amide bonds. The molecule has 1 aromatic carbocycles. The molecule has 1 aliphatic rings. The van der Waals surface area contributed by atoms with Crippen LogP contribution in [0.1, 0.15) is 51.1 Å². The van der Waals surface area contributed by atoms with E-state index in [9.17, 15) is 0 Å². The molecule has 100 valence electrons. The van der Waals surface area contributed by atoms with Crippen molar-refractivity contribution in [1.29, 1.82) is 0 Å². The largest absolute Gasteiger partial charge is 0.497 e. The van der Waals surface area contributed by atoms with E-state index in [0.29, 0.717) is 12.1 Å². The molecule has 0 aliphatic heterocycles. The lowest BCUT2D eigenvalue weighted by Gasteiger charge is -2.23. The van der Waals surface area contributed by atoms with Crippen LogP contribution in [0.15, 0.2) is 24.3 Å². The van der Waals surface area contributed by atoms with Crippen LogP contribution in [0.4, 0.5) is 0 Å². The van der Waals surface area contributed by atoms with Gasteiger partial charge < -0.3 is 10.1 Å². The number of hydrogen-bond acceptors (Lipinski definition) is 2. The average Bonchev–Trinajstić information content (AvgIpc) is 3.20. The Morgan fingerprint density at radius 1 is 1.28 bits per heavy atom. The number of benzene rings is 1. The van der Waals surface area contributed by atoms with Crippen molar-refractivity contribution in [2.24, 2.45) is 5.92 Å². The molecule has 0 radical (unpaired) electrons. The van der Waals surface area contributed by atoms with Gasteiger partial charge in [-0.1, -0.05) is 31.9 Å². The van der Waals surface area contributed by atoms with Crippen molar-refractivity contribution < 1.29 is 4.74 Å². The second kappa shape index (κ2) is 6.24. The minimum absolute atomic E-state index is 0.463. The first-order valence-electron chi connectivity index (χ1n) is 7.13. The Bertz CT molecular complexity index is 356. The molecule has 18 heavy (non-hydrogen) atoms. The molecular formula is C16H25NO. The summed E-state index contributed by atoms with van der Waals surface area (Å²) >= 11 is 0. The predicted octanol–water partition coefficient (Wildman–Crippen LogP) is 3.92. The summed E-state index contributed by atoms with van der Waals surface area (Å²) in [5.74, 6) is 1.92. The lowest BCUT2D eigenvalue weighted by molar-refractivity contribution is 0.407. The van der Waals surface area contributed by atoms with Crippen molar-refractivity contribution in [2.75, 3.05) is 7.11 Å².